The first kappa shape index (κ1) is 13.0. The number of ether oxygens (including phenoxy) is 1. The van der Waals surface area contributed by atoms with Crippen molar-refractivity contribution in [3.05, 3.63) is 40.5 Å². The molecule has 0 radical (unpaired) electrons. The van der Waals surface area contributed by atoms with Crippen molar-refractivity contribution in [1.82, 2.24) is 9.78 Å². The highest BCUT2D eigenvalue weighted by Crippen LogP contribution is 2.22. The number of hydrogen-bond donors (Lipinski definition) is 1. The van der Waals surface area contributed by atoms with E-state index in [2.05, 4.69) is 25.0 Å². The Bertz CT molecular complexity index is 652. The van der Waals surface area contributed by atoms with Gasteiger partial charge in [-0.05, 0) is 30.5 Å². The summed E-state index contributed by atoms with van der Waals surface area (Å²) in [6.07, 6.45) is 0. The molecule has 1 aromatic heterocycles. The van der Waals surface area contributed by atoms with Crippen LogP contribution in [0.15, 0.2) is 18.2 Å². The first-order chi connectivity index (χ1) is 9.02. The molecule has 0 saturated carbocycles. The van der Waals surface area contributed by atoms with Gasteiger partial charge in [-0.1, -0.05) is 18.2 Å². The van der Waals surface area contributed by atoms with Gasteiger partial charge in [0.05, 0.1) is 0 Å². The third-order valence-corrected chi connectivity index (χ3v) is 3.12. The predicted molar refractivity (Wildman–Crippen MR) is 72.6 cm³/mol. The molecule has 0 unspecified atom stereocenters. The first-order valence-electron chi connectivity index (χ1n) is 5.94. The van der Waals surface area contributed by atoms with Crippen LogP contribution >= 0.6 is 0 Å². The van der Waals surface area contributed by atoms with E-state index < -0.39 is 0 Å². The molecule has 5 heteroatoms. The topological polar surface area (TPSA) is 76.9 Å². The van der Waals surface area contributed by atoms with Crippen molar-refractivity contribution in [2.75, 3.05) is 5.73 Å². The van der Waals surface area contributed by atoms with Gasteiger partial charge in [-0.25, -0.2) is 4.68 Å². The maximum atomic E-state index is 9.03. The van der Waals surface area contributed by atoms with E-state index in [4.69, 9.17) is 15.7 Å². The van der Waals surface area contributed by atoms with Crippen LogP contribution in [0.5, 0.6) is 5.88 Å². The van der Waals surface area contributed by atoms with E-state index in [0.29, 0.717) is 12.4 Å². The number of rotatable bonds is 3. The smallest absolute Gasteiger partial charge is 0.253 e. The lowest BCUT2D eigenvalue weighted by Crippen LogP contribution is -1.99. The molecule has 2 rings (SSSR count). The van der Waals surface area contributed by atoms with Crippen LogP contribution in [0.2, 0.25) is 0 Å². The van der Waals surface area contributed by atoms with E-state index in [1.54, 1.807) is 7.05 Å². The monoisotopic (exact) mass is 256 g/mol. The first-order valence-corrected chi connectivity index (χ1v) is 5.94. The van der Waals surface area contributed by atoms with Crippen molar-refractivity contribution < 1.29 is 4.74 Å². The summed E-state index contributed by atoms with van der Waals surface area (Å²) in [5.41, 5.74) is 9.50. The highest BCUT2D eigenvalue weighted by Gasteiger charge is 2.14. The minimum atomic E-state index is 0.278. The summed E-state index contributed by atoms with van der Waals surface area (Å²) in [6, 6.07) is 8.12. The summed E-state index contributed by atoms with van der Waals surface area (Å²) in [4.78, 5) is 0. The van der Waals surface area contributed by atoms with Gasteiger partial charge in [0.1, 0.15) is 18.5 Å². The van der Waals surface area contributed by atoms with Crippen molar-refractivity contribution in [3.63, 3.8) is 0 Å². The molecule has 98 valence electrons. The zero-order valence-electron chi connectivity index (χ0n) is 11.3. The second-order valence-electron chi connectivity index (χ2n) is 4.51. The Balaban J connectivity index is 2.17. The van der Waals surface area contributed by atoms with Gasteiger partial charge in [-0.3, -0.25) is 0 Å². The lowest BCUT2D eigenvalue weighted by molar-refractivity contribution is 0.290. The SMILES string of the molecule is Cc1ccc(COc2nn(C)c(N)c2C#N)cc1C. The molecule has 1 heterocycles. The van der Waals surface area contributed by atoms with Gasteiger partial charge in [0.15, 0.2) is 5.56 Å². The van der Waals surface area contributed by atoms with Crippen LogP contribution in [0.3, 0.4) is 0 Å². The van der Waals surface area contributed by atoms with Crippen LogP contribution in [-0.4, -0.2) is 9.78 Å². The molecule has 19 heavy (non-hydrogen) atoms. The molecular weight excluding hydrogens is 240 g/mol. The number of aromatic nitrogens is 2. The van der Waals surface area contributed by atoms with E-state index in [1.807, 2.05) is 18.2 Å². The van der Waals surface area contributed by atoms with E-state index in [0.717, 1.165) is 5.56 Å². The number of anilines is 1. The Morgan fingerprint density at radius 1 is 1.37 bits per heavy atom. The fourth-order valence-corrected chi connectivity index (χ4v) is 1.76. The van der Waals surface area contributed by atoms with Crippen molar-refractivity contribution in [2.45, 2.75) is 20.5 Å². The molecule has 0 saturated heterocycles. The van der Waals surface area contributed by atoms with Crippen molar-refractivity contribution in [2.24, 2.45) is 7.05 Å². The van der Waals surface area contributed by atoms with Gasteiger partial charge in [0, 0.05) is 7.05 Å². The fourth-order valence-electron chi connectivity index (χ4n) is 1.76. The Kier molecular flexibility index (Phi) is 3.43. The lowest BCUT2D eigenvalue weighted by atomic mass is 10.1. The Labute approximate surface area is 112 Å². The van der Waals surface area contributed by atoms with E-state index >= 15 is 0 Å². The fraction of sp³-hybridized carbons (Fsp3) is 0.286. The van der Waals surface area contributed by atoms with Crippen molar-refractivity contribution >= 4 is 5.82 Å². The molecule has 0 spiro atoms. The molecule has 2 N–H and O–H groups in total. The molecule has 0 aliphatic rings. The minimum Gasteiger partial charge on any atom is -0.471 e. The quantitative estimate of drug-likeness (QED) is 0.912. The van der Waals surface area contributed by atoms with Gasteiger partial charge >= 0.3 is 0 Å². The maximum absolute atomic E-state index is 9.03. The summed E-state index contributed by atoms with van der Waals surface area (Å²) < 4.78 is 7.01. The summed E-state index contributed by atoms with van der Waals surface area (Å²) in [5.74, 6) is 0.596. The molecule has 1 aromatic carbocycles. The van der Waals surface area contributed by atoms with E-state index in [9.17, 15) is 0 Å². The van der Waals surface area contributed by atoms with Crippen LogP contribution < -0.4 is 10.5 Å². The van der Waals surface area contributed by atoms with Crippen molar-refractivity contribution in [3.8, 4) is 11.9 Å². The second kappa shape index (κ2) is 5.02. The molecule has 2 aromatic rings. The molecule has 0 atom stereocenters. The highest BCUT2D eigenvalue weighted by molar-refractivity contribution is 5.55. The van der Waals surface area contributed by atoms with E-state index in [-0.39, 0.29) is 11.4 Å². The van der Waals surface area contributed by atoms with Crippen LogP contribution in [0.1, 0.15) is 22.3 Å². The number of hydrogen-bond acceptors (Lipinski definition) is 4. The van der Waals surface area contributed by atoms with Gasteiger partial charge in [0.2, 0.25) is 0 Å². The number of nitrogens with zero attached hydrogens (tertiary/aromatic N) is 3. The standard InChI is InChI=1S/C14H16N4O/c1-9-4-5-11(6-10(9)2)8-19-14-12(7-15)13(16)18(3)17-14/h4-6H,8,16H2,1-3H3. The zero-order chi connectivity index (χ0) is 14.0. The van der Waals surface area contributed by atoms with Crippen LogP contribution in [-0.2, 0) is 13.7 Å². The summed E-state index contributed by atoms with van der Waals surface area (Å²) in [7, 11) is 1.68. The maximum Gasteiger partial charge on any atom is 0.253 e. The molecule has 0 amide bonds. The number of aryl methyl sites for hydroxylation is 3. The average Bonchev–Trinajstić information content (AvgIpc) is 2.66. The Morgan fingerprint density at radius 3 is 2.74 bits per heavy atom. The highest BCUT2D eigenvalue weighted by atomic mass is 16.5. The Morgan fingerprint density at radius 2 is 2.11 bits per heavy atom. The largest absolute Gasteiger partial charge is 0.471 e. The predicted octanol–water partition coefficient (Wildman–Crippen LogP) is 2.07. The third-order valence-electron chi connectivity index (χ3n) is 3.12. The lowest BCUT2D eigenvalue weighted by Gasteiger charge is -2.06. The molecule has 0 bridgehead atoms. The summed E-state index contributed by atoms with van der Waals surface area (Å²) >= 11 is 0. The van der Waals surface area contributed by atoms with Crippen LogP contribution in [0, 0.1) is 25.2 Å². The molecule has 0 aliphatic carbocycles. The van der Waals surface area contributed by atoms with Crippen molar-refractivity contribution in [1.29, 1.82) is 5.26 Å². The summed E-state index contributed by atoms with van der Waals surface area (Å²) in [5, 5.41) is 13.1. The zero-order valence-corrected chi connectivity index (χ0v) is 11.3. The number of nitriles is 1. The molecule has 0 aliphatic heterocycles. The minimum absolute atomic E-state index is 0.278. The van der Waals surface area contributed by atoms with Gasteiger partial charge in [-0.15, -0.1) is 5.10 Å². The van der Waals surface area contributed by atoms with Gasteiger partial charge < -0.3 is 10.5 Å². The number of benzene rings is 1. The molecule has 0 fully saturated rings. The molecular formula is C14H16N4O. The average molecular weight is 256 g/mol. The third kappa shape index (κ3) is 2.52. The normalized spacial score (nSPS) is 10.2. The Hall–Kier alpha value is -2.48. The van der Waals surface area contributed by atoms with E-state index in [1.165, 1.54) is 15.8 Å². The molecule has 5 nitrogen and oxygen atoms in total. The second-order valence-corrected chi connectivity index (χ2v) is 4.51. The van der Waals surface area contributed by atoms with Gasteiger partial charge in [-0.2, -0.15) is 5.26 Å². The number of nitrogens with two attached hydrogens (primary N) is 1. The van der Waals surface area contributed by atoms with Gasteiger partial charge in [0.25, 0.3) is 5.88 Å². The van der Waals surface area contributed by atoms with Crippen LogP contribution in [0.25, 0.3) is 0 Å². The summed E-state index contributed by atoms with van der Waals surface area (Å²) in [6.45, 7) is 4.48. The number of nitrogen functional groups attached to an aromatic ring is 1. The van der Waals surface area contributed by atoms with Crippen LogP contribution in [0.4, 0.5) is 5.82 Å².